The molecule has 24 heavy (non-hydrogen) atoms. The second-order valence-electron chi connectivity index (χ2n) is 7.85. The predicted molar refractivity (Wildman–Crippen MR) is 89.3 cm³/mol. The summed E-state index contributed by atoms with van der Waals surface area (Å²) in [6.45, 7) is 6.28. The summed E-state index contributed by atoms with van der Waals surface area (Å²) in [5.41, 5.74) is -0.683. The van der Waals surface area contributed by atoms with Gasteiger partial charge in [-0.2, -0.15) is 0 Å². The third-order valence-corrected chi connectivity index (χ3v) is 5.92. The number of carbonyl (C=O) groups excluding carboxylic acids is 3. The summed E-state index contributed by atoms with van der Waals surface area (Å²) in [6.07, 6.45) is 5.24. The quantitative estimate of drug-likeness (QED) is 0.661. The van der Waals surface area contributed by atoms with Crippen LogP contribution in [0.2, 0.25) is 0 Å². The molecule has 0 radical (unpaired) electrons. The number of urea groups is 1. The van der Waals surface area contributed by atoms with Gasteiger partial charge in [0.05, 0.1) is 0 Å². The van der Waals surface area contributed by atoms with Crippen LogP contribution in [0.25, 0.3) is 0 Å². The average Bonchev–Trinajstić information content (AvgIpc) is 3.11. The van der Waals surface area contributed by atoms with Crippen LogP contribution < -0.4 is 16.0 Å². The van der Waals surface area contributed by atoms with E-state index in [1.165, 1.54) is 0 Å². The minimum absolute atomic E-state index is 0.0740. The zero-order chi connectivity index (χ0) is 17.4. The summed E-state index contributed by atoms with van der Waals surface area (Å²) < 4.78 is 0. The highest BCUT2D eigenvalue weighted by molar-refractivity contribution is 6.09. The van der Waals surface area contributed by atoms with Crippen molar-refractivity contribution in [3.8, 4) is 0 Å². The highest BCUT2D eigenvalue weighted by atomic mass is 16.2. The van der Waals surface area contributed by atoms with Gasteiger partial charge in [0.2, 0.25) is 5.91 Å². The Hall–Kier alpha value is -1.63. The Balaban J connectivity index is 1.61. The van der Waals surface area contributed by atoms with Crippen molar-refractivity contribution in [2.75, 3.05) is 19.6 Å². The summed E-state index contributed by atoms with van der Waals surface area (Å²) in [6, 6.07) is -1.21. The number of amides is 4. The first-order valence-electron chi connectivity index (χ1n) is 9.01. The Morgan fingerprint density at radius 1 is 1.21 bits per heavy atom. The smallest absolute Gasteiger partial charge is 0.325 e. The third kappa shape index (κ3) is 3.01. The van der Waals surface area contributed by atoms with Gasteiger partial charge in [0, 0.05) is 6.54 Å². The maximum absolute atomic E-state index is 12.7. The van der Waals surface area contributed by atoms with E-state index in [-0.39, 0.29) is 17.2 Å². The molecule has 3 N–H and O–H groups in total. The van der Waals surface area contributed by atoms with Crippen molar-refractivity contribution in [3.63, 3.8) is 0 Å². The number of hydrogen-bond acceptors (Lipinski definition) is 4. The highest BCUT2D eigenvalue weighted by Gasteiger charge is 2.54. The van der Waals surface area contributed by atoms with E-state index in [2.05, 4.69) is 22.9 Å². The lowest BCUT2D eigenvalue weighted by molar-refractivity contribution is -0.138. The van der Waals surface area contributed by atoms with E-state index in [1.54, 1.807) is 6.92 Å². The van der Waals surface area contributed by atoms with Gasteiger partial charge in [-0.15, -0.1) is 0 Å². The number of rotatable bonds is 4. The fraction of sp³-hybridized carbons (Fsp3) is 0.824. The largest absolute Gasteiger partial charge is 0.354 e. The molecular formula is C17H28N4O3. The average molecular weight is 336 g/mol. The van der Waals surface area contributed by atoms with Crippen LogP contribution in [-0.4, -0.2) is 54.0 Å². The van der Waals surface area contributed by atoms with Gasteiger partial charge in [-0.3, -0.25) is 9.59 Å². The number of imide groups is 1. The van der Waals surface area contributed by atoms with Crippen molar-refractivity contribution in [3.05, 3.63) is 0 Å². The molecule has 2 heterocycles. The molecule has 3 fully saturated rings. The van der Waals surface area contributed by atoms with Crippen LogP contribution in [0.1, 0.15) is 52.4 Å². The number of carbonyl (C=O) groups is 3. The van der Waals surface area contributed by atoms with E-state index >= 15 is 0 Å². The van der Waals surface area contributed by atoms with E-state index in [0.29, 0.717) is 19.4 Å². The molecule has 7 nitrogen and oxygen atoms in total. The van der Waals surface area contributed by atoms with Crippen molar-refractivity contribution in [1.82, 2.24) is 20.9 Å². The number of piperidine rings is 1. The van der Waals surface area contributed by atoms with Gasteiger partial charge >= 0.3 is 6.03 Å². The Labute approximate surface area is 142 Å². The monoisotopic (exact) mass is 336 g/mol. The van der Waals surface area contributed by atoms with Crippen molar-refractivity contribution >= 4 is 17.8 Å². The first-order chi connectivity index (χ1) is 11.4. The van der Waals surface area contributed by atoms with Gasteiger partial charge in [-0.1, -0.05) is 19.8 Å². The molecular weight excluding hydrogens is 308 g/mol. The van der Waals surface area contributed by atoms with Crippen LogP contribution in [-0.2, 0) is 9.59 Å². The Kier molecular flexibility index (Phi) is 4.55. The standard InChI is InChI=1S/C17H28N4O3/c1-12(13(22)19-11-16(2)7-9-18-10-8-16)21-14(23)17(20-15(21)24)5-3-4-6-17/h12,18H,3-11H2,1-2H3,(H,19,22)(H,20,24). The summed E-state index contributed by atoms with van der Waals surface area (Å²) in [4.78, 5) is 38.6. The Morgan fingerprint density at radius 2 is 1.83 bits per heavy atom. The first-order valence-corrected chi connectivity index (χ1v) is 9.01. The second kappa shape index (κ2) is 6.35. The fourth-order valence-corrected chi connectivity index (χ4v) is 4.08. The number of nitrogens with one attached hydrogen (secondary N) is 3. The van der Waals surface area contributed by atoms with Crippen molar-refractivity contribution in [1.29, 1.82) is 0 Å². The lowest BCUT2D eigenvalue weighted by Gasteiger charge is -2.34. The molecule has 7 heteroatoms. The van der Waals surface area contributed by atoms with E-state index in [4.69, 9.17) is 0 Å². The van der Waals surface area contributed by atoms with Crippen LogP contribution in [0, 0.1) is 5.41 Å². The van der Waals surface area contributed by atoms with Gasteiger partial charge in [-0.05, 0) is 51.1 Å². The molecule has 1 aliphatic carbocycles. The topological polar surface area (TPSA) is 90.5 Å². The normalized spacial score (nSPS) is 26.5. The molecule has 0 aromatic heterocycles. The molecule has 0 aromatic rings. The van der Waals surface area contributed by atoms with Crippen molar-refractivity contribution in [2.45, 2.75) is 64.0 Å². The molecule has 2 aliphatic heterocycles. The minimum Gasteiger partial charge on any atom is -0.354 e. The molecule has 0 aromatic carbocycles. The number of nitrogens with zero attached hydrogens (tertiary/aromatic N) is 1. The lowest BCUT2D eigenvalue weighted by atomic mass is 9.81. The van der Waals surface area contributed by atoms with Gasteiger partial charge in [-0.25, -0.2) is 9.69 Å². The maximum atomic E-state index is 12.7. The summed E-state index contributed by atoms with van der Waals surface area (Å²) in [7, 11) is 0. The predicted octanol–water partition coefficient (Wildman–Crippen LogP) is 0.745. The SMILES string of the molecule is CC(C(=O)NCC1(C)CCNCC1)N1C(=O)NC2(CCCC2)C1=O. The number of hydrogen-bond donors (Lipinski definition) is 3. The Bertz CT molecular complexity index is 536. The van der Waals surface area contributed by atoms with E-state index < -0.39 is 17.6 Å². The summed E-state index contributed by atoms with van der Waals surface area (Å²) in [5, 5.41) is 9.09. The molecule has 4 amide bonds. The zero-order valence-electron chi connectivity index (χ0n) is 14.6. The molecule has 3 rings (SSSR count). The van der Waals surface area contributed by atoms with E-state index in [9.17, 15) is 14.4 Å². The maximum Gasteiger partial charge on any atom is 0.325 e. The summed E-state index contributed by atoms with van der Waals surface area (Å²) in [5.74, 6) is -0.492. The van der Waals surface area contributed by atoms with Gasteiger partial charge in [0.25, 0.3) is 5.91 Å². The molecule has 1 spiro atoms. The van der Waals surface area contributed by atoms with Gasteiger partial charge in [0.15, 0.2) is 0 Å². The second-order valence-corrected chi connectivity index (χ2v) is 7.85. The van der Waals surface area contributed by atoms with Gasteiger partial charge < -0.3 is 16.0 Å². The molecule has 1 unspecified atom stereocenters. The molecule has 0 bridgehead atoms. The van der Waals surface area contributed by atoms with Gasteiger partial charge in [0.1, 0.15) is 11.6 Å². The van der Waals surface area contributed by atoms with Crippen LogP contribution in [0.15, 0.2) is 0 Å². The highest BCUT2D eigenvalue weighted by Crippen LogP contribution is 2.35. The van der Waals surface area contributed by atoms with Crippen molar-refractivity contribution in [2.24, 2.45) is 5.41 Å². The minimum atomic E-state index is -0.775. The first kappa shape index (κ1) is 17.2. The molecule has 1 atom stereocenters. The van der Waals surface area contributed by atoms with Crippen LogP contribution in [0.5, 0.6) is 0 Å². The van der Waals surface area contributed by atoms with Crippen LogP contribution in [0.4, 0.5) is 4.79 Å². The van der Waals surface area contributed by atoms with Crippen LogP contribution in [0.3, 0.4) is 0 Å². The summed E-state index contributed by atoms with van der Waals surface area (Å²) >= 11 is 0. The molecule has 134 valence electrons. The van der Waals surface area contributed by atoms with Crippen molar-refractivity contribution < 1.29 is 14.4 Å². The molecule has 2 saturated heterocycles. The van der Waals surface area contributed by atoms with E-state index in [1.807, 2.05) is 0 Å². The fourth-order valence-electron chi connectivity index (χ4n) is 4.08. The third-order valence-electron chi connectivity index (χ3n) is 5.92. The molecule has 3 aliphatic rings. The van der Waals surface area contributed by atoms with E-state index in [0.717, 1.165) is 43.7 Å². The lowest BCUT2D eigenvalue weighted by Crippen LogP contribution is -2.52. The zero-order valence-corrected chi connectivity index (χ0v) is 14.6. The molecule has 1 saturated carbocycles. The van der Waals surface area contributed by atoms with Crippen LogP contribution >= 0.6 is 0 Å². The Morgan fingerprint density at radius 3 is 2.46 bits per heavy atom.